The lowest BCUT2D eigenvalue weighted by atomic mass is 9.93. The molecule has 2 heterocycles. The summed E-state index contributed by atoms with van der Waals surface area (Å²) in [6.07, 6.45) is 0. The molecule has 2 aromatic heterocycles. The van der Waals surface area contributed by atoms with Gasteiger partial charge in [-0.25, -0.2) is 15.0 Å². The zero-order valence-corrected chi connectivity index (χ0v) is 27.6. The Morgan fingerprint density at radius 2 is 0.920 bits per heavy atom. The van der Waals surface area contributed by atoms with E-state index in [1.807, 2.05) is 72.8 Å². The van der Waals surface area contributed by atoms with Crippen molar-refractivity contribution in [3.63, 3.8) is 0 Å². The summed E-state index contributed by atoms with van der Waals surface area (Å²) in [5.41, 5.74) is 6.46. The van der Waals surface area contributed by atoms with Gasteiger partial charge in [0.25, 0.3) is 0 Å². The van der Waals surface area contributed by atoms with Crippen LogP contribution in [0.1, 0.15) is 0 Å². The molecule has 0 N–H and O–H groups in total. The molecular formula is C45H27N3OS. The normalized spacial score (nSPS) is 11.7. The lowest BCUT2D eigenvalue weighted by Crippen LogP contribution is -2.00. The second kappa shape index (κ2) is 11.4. The van der Waals surface area contributed by atoms with Crippen LogP contribution in [0.5, 0.6) is 0 Å². The SMILES string of the molecule is Sc1ccccc1-c1cccc(-c2nc(-c3ccccc3)nc(-c3cccc4oc5c(ccc6c7ccccc7c7ccccc7c65)c34)n2)c1. The van der Waals surface area contributed by atoms with E-state index in [1.54, 1.807) is 0 Å². The molecule has 5 heteroatoms. The quantitative estimate of drug-likeness (QED) is 0.151. The lowest BCUT2D eigenvalue weighted by molar-refractivity contribution is 0.673. The van der Waals surface area contributed by atoms with Crippen molar-refractivity contribution in [3.05, 3.63) is 158 Å². The predicted molar refractivity (Wildman–Crippen MR) is 209 cm³/mol. The van der Waals surface area contributed by atoms with Gasteiger partial charge < -0.3 is 4.42 Å². The summed E-state index contributed by atoms with van der Waals surface area (Å²) in [7, 11) is 0. The van der Waals surface area contributed by atoms with Crippen molar-refractivity contribution in [2.45, 2.75) is 4.90 Å². The van der Waals surface area contributed by atoms with E-state index in [2.05, 4.69) is 84.9 Å². The summed E-state index contributed by atoms with van der Waals surface area (Å²) in [5.74, 6) is 1.80. The van der Waals surface area contributed by atoms with Crippen LogP contribution in [0.4, 0.5) is 0 Å². The third kappa shape index (κ3) is 4.51. The largest absolute Gasteiger partial charge is 0.455 e. The van der Waals surface area contributed by atoms with Gasteiger partial charge in [-0.1, -0.05) is 133 Å². The molecule has 0 bridgehead atoms. The van der Waals surface area contributed by atoms with Crippen LogP contribution in [0, 0.1) is 0 Å². The molecular weight excluding hydrogens is 631 g/mol. The highest BCUT2D eigenvalue weighted by atomic mass is 32.1. The molecule has 0 unspecified atom stereocenters. The molecule has 0 atom stereocenters. The third-order valence-corrected chi connectivity index (χ3v) is 10.0. The van der Waals surface area contributed by atoms with Crippen LogP contribution in [-0.4, -0.2) is 15.0 Å². The maximum atomic E-state index is 6.81. The summed E-state index contributed by atoms with van der Waals surface area (Å²) < 4.78 is 6.81. The zero-order valence-electron chi connectivity index (χ0n) is 26.7. The number of nitrogens with zero attached hydrogens (tertiary/aromatic N) is 3. The van der Waals surface area contributed by atoms with Gasteiger partial charge in [0.15, 0.2) is 17.5 Å². The number of hydrogen-bond acceptors (Lipinski definition) is 5. The van der Waals surface area contributed by atoms with Gasteiger partial charge in [0.1, 0.15) is 11.2 Å². The highest BCUT2D eigenvalue weighted by Gasteiger charge is 2.21. The van der Waals surface area contributed by atoms with Gasteiger partial charge in [-0.15, -0.1) is 12.6 Å². The topological polar surface area (TPSA) is 51.8 Å². The second-order valence-corrected chi connectivity index (χ2v) is 13.0. The number of fused-ring (bicyclic) bond motifs is 10. The molecule has 4 nitrogen and oxygen atoms in total. The van der Waals surface area contributed by atoms with E-state index in [0.29, 0.717) is 17.5 Å². The standard InChI is InChI=1S/C45H27N3OS/c50-39-23-9-8-16-30(39)28-14-10-15-29(26-28)44-46-43(27-12-2-1-3-13-27)47-45(48-44)37-21-11-22-38-40(37)36-25-24-35-33-19-5-4-17-31(33)32-18-6-7-20-34(32)41(35)42(36)49-38/h1-26,50H. The minimum Gasteiger partial charge on any atom is -0.455 e. The van der Waals surface area contributed by atoms with Crippen LogP contribution in [0.25, 0.3) is 99.5 Å². The van der Waals surface area contributed by atoms with Gasteiger partial charge in [-0.2, -0.15) is 0 Å². The Hall–Kier alpha value is -6.30. The van der Waals surface area contributed by atoms with Crippen molar-refractivity contribution in [1.82, 2.24) is 15.0 Å². The van der Waals surface area contributed by atoms with Gasteiger partial charge in [0.2, 0.25) is 0 Å². The molecule has 234 valence electrons. The number of benzene rings is 8. The molecule has 0 aliphatic heterocycles. The van der Waals surface area contributed by atoms with E-state index < -0.39 is 0 Å². The first-order valence-electron chi connectivity index (χ1n) is 16.6. The summed E-state index contributed by atoms with van der Waals surface area (Å²) in [6.45, 7) is 0. The Balaban J connectivity index is 1.24. The van der Waals surface area contributed by atoms with Crippen LogP contribution < -0.4 is 0 Å². The molecule has 0 saturated carbocycles. The average molecular weight is 658 g/mol. The van der Waals surface area contributed by atoms with Crippen molar-refractivity contribution < 1.29 is 4.42 Å². The van der Waals surface area contributed by atoms with Crippen molar-refractivity contribution in [2.75, 3.05) is 0 Å². The lowest BCUT2D eigenvalue weighted by Gasteiger charge is -2.11. The zero-order chi connectivity index (χ0) is 33.2. The molecule has 8 aromatic carbocycles. The molecule has 10 aromatic rings. The Labute approximate surface area is 293 Å². The van der Waals surface area contributed by atoms with Crippen LogP contribution in [0.15, 0.2) is 167 Å². The molecule has 0 radical (unpaired) electrons. The maximum absolute atomic E-state index is 6.81. The van der Waals surface area contributed by atoms with Gasteiger partial charge in [-0.05, 0) is 62.3 Å². The van der Waals surface area contributed by atoms with Gasteiger partial charge in [0, 0.05) is 37.7 Å². The molecule has 50 heavy (non-hydrogen) atoms. The molecule has 0 aliphatic carbocycles. The molecule has 10 rings (SSSR count). The average Bonchev–Trinajstić information content (AvgIpc) is 3.57. The third-order valence-electron chi connectivity index (χ3n) is 9.61. The molecule has 0 fully saturated rings. The van der Waals surface area contributed by atoms with E-state index in [4.69, 9.17) is 32.0 Å². The number of rotatable bonds is 4. The fraction of sp³-hybridized carbons (Fsp3) is 0. The minimum atomic E-state index is 0.589. The Bertz CT molecular complexity index is 2920. The fourth-order valence-corrected chi connectivity index (χ4v) is 7.63. The first-order valence-corrected chi connectivity index (χ1v) is 17.0. The Kier molecular flexibility index (Phi) is 6.54. The fourth-order valence-electron chi connectivity index (χ4n) is 7.34. The van der Waals surface area contributed by atoms with Crippen molar-refractivity contribution >= 4 is 66.9 Å². The van der Waals surface area contributed by atoms with E-state index >= 15 is 0 Å². The van der Waals surface area contributed by atoms with E-state index in [1.165, 1.54) is 26.9 Å². The van der Waals surface area contributed by atoms with Crippen LogP contribution in [0.3, 0.4) is 0 Å². The maximum Gasteiger partial charge on any atom is 0.164 e. The summed E-state index contributed by atoms with van der Waals surface area (Å²) in [6, 6.07) is 54.3. The molecule has 0 aliphatic rings. The van der Waals surface area contributed by atoms with Crippen LogP contribution in [0.2, 0.25) is 0 Å². The van der Waals surface area contributed by atoms with Gasteiger partial charge >= 0.3 is 0 Å². The van der Waals surface area contributed by atoms with Crippen LogP contribution in [-0.2, 0) is 0 Å². The summed E-state index contributed by atoms with van der Waals surface area (Å²) in [4.78, 5) is 16.2. The molecule has 0 spiro atoms. The molecule has 0 saturated heterocycles. The summed E-state index contributed by atoms with van der Waals surface area (Å²) >= 11 is 4.73. The predicted octanol–water partition coefficient (Wildman–Crippen LogP) is 12.2. The van der Waals surface area contributed by atoms with Gasteiger partial charge in [0.05, 0.1) is 0 Å². The number of hydrogen-bond donors (Lipinski definition) is 1. The highest BCUT2D eigenvalue weighted by molar-refractivity contribution is 7.80. The van der Waals surface area contributed by atoms with E-state index in [-0.39, 0.29) is 0 Å². The van der Waals surface area contributed by atoms with E-state index in [0.717, 1.165) is 60.0 Å². The number of aromatic nitrogens is 3. The van der Waals surface area contributed by atoms with Crippen molar-refractivity contribution in [3.8, 4) is 45.3 Å². The number of thiol groups is 1. The first-order chi connectivity index (χ1) is 24.7. The van der Waals surface area contributed by atoms with Crippen molar-refractivity contribution in [1.29, 1.82) is 0 Å². The first kappa shape index (κ1) is 28.7. The highest BCUT2D eigenvalue weighted by Crippen LogP contribution is 2.44. The van der Waals surface area contributed by atoms with E-state index in [9.17, 15) is 0 Å². The Morgan fingerprint density at radius 3 is 1.70 bits per heavy atom. The Morgan fingerprint density at radius 1 is 0.380 bits per heavy atom. The minimum absolute atomic E-state index is 0.589. The van der Waals surface area contributed by atoms with Crippen molar-refractivity contribution in [2.24, 2.45) is 0 Å². The summed E-state index contributed by atoms with van der Waals surface area (Å²) in [5, 5.41) is 9.12. The smallest absolute Gasteiger partial charge is 0.164 e. The monoisotopic (exact) mass is 657 g/mol. The second-order valence-electron chi connectivity index (χ2n) is 12.5. The molecule has 0 amide bonds. The van der Waals surface area contributed by atoms with Crippen LogP contribution >= 0.6 is 12.6 Å². The van der Waals surface area contributed by atoms with Gasteiger partial charge in [-0.3, -0.25) is 0 Å². The number of furan rings is 1.